The van der Waals surface area contributed by atoms with E-state index in [0.717, 1.165) is 22.9 Å². The minimum Gasteiger partial charge on any atom is -0.379 e. The molecular weight excluding hydrogens is 280 g/mol. The van der Waals surface area contributed by atoms with Crippen molar-refractivity contribution in [2.45, 2.75) is 27.3 Å². The van der Waals surface area contributed by atoms with Gasteiger partial charge in [-0.05, 0) is 55.2 Å². The summed E-state index contributed by atoms with van der Waals surface area (Å²) in [7, 11) is 4.02. The van der Waals surface area contributed by atoms with Crippen molar-refractivity contribution in [2.75, 3.05) is 24.3 Å². The topological polar surface area (TPSA) is 15.3 Å². The van der Waals surface area contributed by atoms with E-state index in [1.54, 1.807) is 0 Å². The largest absolute Gasteiger partial charge is 0.379 e. The maximum absolute atomic E-state index is 6.30. The van der Waals surface area contributed by atoms with Crippen LogP contribution < -0.4 is 10.2 Å². The van der Waals surface area contributed by atoms with Crippen LogP contribution in [0, 0.1) is 20.8 Å². The van der Waals surface area contributed by atoms with E-state index in [-0.39, 0.29) is 0 Å². The predicted molar refractivity (Wildman–Crippen MR) is 93.8 cm³/mol. The van der Waals surface area contributed by atoms with E-state index >= 15 is 0 Å². The molecule has 0 atom stereocenters. The second-order valence-electron chi connectivity index (χ2n) is 5.75. The quantitative estimate of drug-likeness (QED) is 0.860. The molecule has 0 unspecified atom stereocenters. The van der Waals surface area contributed by atoms with Crippen molar-refractivity contribution in [2.24, 2.45) is 0 Å². The van der Waals surface area contributed by atoms with Gasteiger partial charge in [0.05, 0.1) is 16.4 Å². The zero-order valence-corrected chi connectivity index (χ0v) is 14.2. The van der Waals surface area contributed by atoms with Crippen LogP contribution in [0.1, 0.15) is 22.3 Å². The van der Waals surface area contributed by atoms with Gasteiger partial charge in [-0.15, -0.1) is 0 Å². The molecular formula is C18H23ClN2. The monoisotopic (exact) mass is 302 g/mol. The summed E-state index contributed by atoms with van der Waals surface area (Å²) < 4.78 is 0. The number of hydrogen-bond acceptors (Lipinski definition) is 2. The minimum absolute atomic E-state index is 0.766. The maximum Gasteiger partial charge on any atom is 0.0786 e. The van der Waals surface area contributed by atoms with Gasteiger partial charge in [0.2, 0.25) is 0 Å². The number of hydrogen-bond donors (Lipinski definition) is 1. The van der Waals surface area contributed by atoms with Crippen molar-refractivity contribution in [3.63, 3.8) is 0 Å². The van der Waals surface area contributed by atoms with E-state index in [4.69, 9.17) is 11.6 Å². The molecule has 21 heavy (non-hydrogen) atoms. The average Bonchev–Trinajstić information content (AvgIpc) is 2.41. The zero-order valence-electron chi connectivity index (χ0n) is 13.4. The lowest BCUT2D eigenvalue weighted by molar-refractivity contribution is 1.08. The molecule has 0 amide bonds. The fraction of sp³-hybridized carbons (Fsp3) is 0.333. The highest BCUT2D eigenvalue weighted by Crippen LogP contribution is 2.32. The number of para-hydroxylation sites is 1. The molecule has 2 aromatic carbocycles. The lowest BCUT2D eigenvalue weighted by Crippen LogP contribution is -2.13. The Hall–Kier alpha value is -1.67. The van der Waals surface area contributed by atoms with Crippen LogP contribution in [0.25, 0.3) is 0 Å². The summed E-state index contributed by atoms with van der Waals surface area (Å²) in [5, 5.41) is 4.28. The van der Waals surface area contributed by atoms with Gasteiger partial charge in [0.25, 0.3) is 0 Å². The molecule has 2 rings (SSSR count). The molecule has 3 heteroatoms. The van der Waals surface area contributed by atoms with E-state index in [1.807, 2.05) is 31.1 Å². The summed E-state index contributed by atoms with van der Waals surface area (Å²) in [4.78, 5) is 2.04. The first kappa shape index (κ1) is 15.7. The first-order valence-corrected chi connectivity index (χ1v) is 7.54. The van der Waals surface area contributed by atoms with Crippen LogP contribution in [-0.4, -0.2) is 14.1 Å². The second-order valence-corrected chi connectivity index (χ2v) is 6.15. The third kappa shape index (κ3) is 3.51. The third-order valence-electron chi connectivity index (χ3n) is 3.86. The summed E-state index contributed by atoms with van der Waals surface area (Å²) in [6.45, 7) is 7.27. The van der Waals surface area contributed by atoms with E-state index in [9.17, 15) is 0 Å². The number of anilines is 2. The fourth-order valence-corrected chi connectivity index (χ4v) is 2.86. The summed E-state index contributed by atoms with van der Waals surface area (Å²) in [6, 6.07) is 10.5. The zero-order chi connectivity index (χ0) is 15.6. The van der Waals surface area contributed by atoms with Gasteiger partial charge in [0.1, 0.15) is 0 Å². The van der Waals surface area contributed by atoms with Crippen LogP contribution in [0.4, 0.5) is 11.4 Å². The van der Waals surface area contributed by atoms with Gasteiger partial charge >= 0.3 is 0 Å². The smallest absolute Gasteiger partial charge is 0.0786 e. The average molecular weight is 303 g/mol. The lowest BCUT2D eigenvalue weighted by atomic mass is 10.0. The Bertz CT molecular complexity index is 648. The highest BCUT2D eigenvalue weighted by molar-refractivity contribution is 6.34. The van der Waals surface area contributed by atoms with Crippen LogP contribution >= 0.6 is 11.6 Å². The predicted octanol–water partition coefficient (Wildman–Crippen LogP) is 4.94. The Labute approximate surface area is 132 Å². The highest BCUT2D eigenvalue weighted by atomic mass is 35.5. The molecule has 0 aliphatic rings. The molecule has 0 heterocycles. The Morgan fingerprint density at radius 3 is 2.33 bits per heavy atom. The molecule has 0 aromatic heterocycles. The van der Waals surface area contributed by atoms with Gasteiger partial charge in [-0.1, -0.05) is 29.8 Å². The molecule has 0 fully saturated rings. The van der Waals surface area contributed by atoms with Gasteiger partial charge in [-0.3, -0.25) is 0 Å². The summed E-state index contributed by atoms with van der Waals surface area (Å²) in [5.41, 5.74) is 7.40. The van der Waals surface area contributed by atoms with E-state index in [2.05, 4.69) is 44.3 Å². The van der Waals surface area contributed by atoms with Crippen molar-refractivity contribution in [1.82, 2.24) is 0 Å². The van der Waals surface area contributed by atoms with Crippen molar-refractivity contribution in [3.05, 3.63) is 57.6 Å². The summed E-state index contributed by atoms with van der Waals surface area (Å²) in [5.74, 6) is 0. The van der Waals surface area contributed by atoms with Crippen LogP contribution in [0.15, 0.2) is 30.3 Å². The van der Waals surface area contributed by atoms with Gasteiger partial charge in [0, 0.05) is 20.6 Å². The maximum atomic E-state index is 6.30. The summed E-state index contributed by atoms with van der Waals surface area (Å²) in [6.07, 6.45) is 0. The number of nitrogens with zero attached hydrogens (tertiary/aromatic N) is 1. The van der Waals surface area contributed by atoms with Gasteiger partial charge in [0.15, 0.2) is 0 Å². The Kier molecular flexibility index (Phi) is 4.79. The van der Waals surface area contributed by atoms with Crippen LogP contribution in [0.3, 0.4) is 0 Å². The van der Waals surface area contributed by atoms with E-state index < -0.39 is 0 Å². The van der Waals surface area contributed by atoms with Crippen molar-refractivity contribution < 1.29 is 0 Å². The molecule has 112 valence electrons. The van der Waals surface area contributed by atoms with E-state index in [1.165, 1.54) is 22.3 Å². The molecule has 0 bridgehead atoms. The Morgan fingerprint density at radius 1 is 1.00 bits per heavy atom. The van der Waals surface area contributed by atoms with Crippen LogP contribution in [0.5, 0.6) is 0 Å². The van der Waals surface area contributed by atoms with Crippen molar-refractivity contribution in [1.29, 1.82) is 0 Å². The number of nitrogens with one attached hydrogen (secondary N) is 1. The Morgan fingerprint density at radius 2 is 1.67 bits per heavy atom. The second kappa shape index (κ2) is 6.40. The lowest BCUT2D eigenvalue weighted by Gasteiger charge is -2.20. The van der Waals surface area contributed by atoms with Crippen molar-refractivity contribution in [3.8, 4) is 0 Å². The van der Waals surface area contributed by atoms with E-state index in [0.29, 0.717) is 0 Å². The molecule has 2 aromatic rings. The van der Waals surface area contributed by atoms with Gasteiger partial charge in [-0.25, -0.2) is 0 Å². The van der Waals surface area contributed by atoms with Crippen molar-refractivity contribution >= 4 is 23.0 Å². The molecule has 0 radical (unpaired) electrons. The number of benzene rings is 2. The normalized spacial score (nSPS) is 10.6. The van der Waals surface area contributed by atoms with Gasteiger partial charge in [-0.2, -0.15) is 0 Å². The fourth-order valence-electron chi connectivity index (χ4n) is 2.51. The minimum atomic E-state index is 0.766. The number of aryl methyl sites for hydroxylation is 3. The SMILES string of the molecule is Cc1cc(C)c(CNc2cccc(Cl)c2N(C)C)cc1C. The van der Waals surface area contributed by atoms with Gasteiger partial charge < -0.3 is 10.2 Å². The molecule has 0 saturated carbocycles. The van der Waals surface area contributed by atoms with Crippen LogP contribution in [-0.2, 0) is 6.54 Å². The first-order valence-electron chi connectivity index (χ1n) is 7.16. The molecule has 1 N–H and O–H groups in total. The molecule has 0 spiro atoms. The molecule has 0 saturated heterocycles. The Balaban J connectivity index is 2.25. The third-order valence-corrected chi connectivity index (χ3v) is 4.16. The summed E-state index contributed by atoms with van der Waals surface area (Å²) >= 11 is 6.30. The standard InChI is InChI=1S/C18H23ClN2/c1-12-9-14(3)15(10-13(12)2)11-20-17-8-6-7-16(19)18(17)21(4)5/h6-10,20H,11H2,1-5H3. The number of rotatable bonds is 4. The highest BCUT2D eigenvalue weighted by Gasteiger charge is 2.09. The van der Waals surface area contributed by atoms with Crippen LogP contribution in [0.2, 0.25) is 5.02 Å². The first-order chi connectivity index (χ1) is 9.90. The molecule has 0 aliphatic carbocycles. The number of halogens is 1. The molecule has 2 nitrogen and oxygen atoms in total. The molecule has 0 aliphatic heterocycles.